The molecular weight excluding hydrogens is 290 g/mol. The SMILES string of the molecule is CCC1(C(=O)NCc2cccc(S(N)(=O)=O)c2)CCCN1. The van der Waals surface area contributed by atoms with Crippen LogP contribution in [0.5, 0.6) is 0 Å². The van der Waals surface area contributed by atoms with Crippen LogP contribution in [0.2, 0.25) is 0 Å². The van der Waals surface area contributed by atoms with Crippen LogP contribution in [0.1, 0.15) is 31.7 Å². The van der Waals surface area contributed by atoms with Crippen molar-refractivity contribution in [2.75, 3.05) is 6.54 Å². The van der Waals surface area contributed by atoms with Gasteiger partial charge < -0.3 is 10.6 Å². The van der Waals surface area contributed by atoms with Crippen molar-refractivity contribution in [2.45, 2.75) is 43.2 Å². The Hall–Kier alpha value is -1.44. The Balaban J connectivity index is 2.05. The zero-order chi connectivity index (χ0) is 15.5. The lowest BCUT2D eigenvalue weighted by atomic mass is 9.93. The van der Waals surface area contributed by atoms with Crippen molar-refractivity contribution >= 4 is 15.9 Å². The van der Waals surface area contributed by atoms with E-state index in [1.54, 1.807) is 12.1 Å². The van der Waals surface area contributed by atoms with Gasteiger partial charge in [0.25, 0.3) is 0 Å². The van der Waals surface area contributed by atoms with Crippen LogP contribution in [0, 0.1) is 0 Å². The lowest BCUT2D eigenvalue weighted by molar-refractivity contribution is -0.127. The van der Waals surface area contributed by atoms with Gasteiger partial charge in [0.15, 0.2) is 0 Å². The van der Waals surface area contributed by atoms with E-state index in [1.807, 2.05) is 6.92 Å². The summed E-state index contributed by atoms with van der Waals surface area (Å²) in [5, 5.41) is 11.2. The summed E-state index contributed by atoms with van der Waals surface area (Å²) < 4.78 is 22.6. The molecule has 1 aromatic carbocycles. The van der Waals surface area contributed by atoms with Crippen molar-refractivity contribution in [1.29, 1.82) is 0 Å². The monoisotopic (exact) mass is 311 g/mol. The Morgan fingerprint density at radius 1 is 1.48 bits per heavy atom. The molecular formula is C14H21N3O3S. The van der Waals surface area contributed by atoms with Crippen molar-refractivity contribution in [2.24, 2.45) is 5.14 Å². The number of nitrogens with one attached hydrogen (secondary N) is 2. The highest BCUT2D eigenvalue weighted by atomic mass is 32.2. The van der Waals surface area contributed by atoms with Crippen LogP contribution in [0.15, 0.2) is 29.2 Å². The molecule has 1 amide bonds. The van der Waals surface area contributed by atoms with Crippen LogP contribution in [0.25, 0.3) is 0 Å². The number of rotatable bonds is 5. The van der Waals surface area contributed by atoms with E-state index in [9.17, 15) is 13.2 Å². The molecule has 1 unspecified atom stereocenters. The second-order valence-electron chi connectivity index (χ2n) is 5.34. The second-order valence-corrected chi connectivity index (χ2v) is 6.90. The molecule has 6 nitrogen and oxygen atoms in total. The second kappa shape index (κ2) is 6.13. The van der Waals surface area contributed by atoms with E-state index >= 15 is 0 Å². The summed E-state index contributed by atoms with van der Waals surface area (Å²) in [6.45, 7) is 3.12. The summed E-state index contributed by atoms with van der Waals surface area (Å²) in [5.41, 5.74) is 0.219. The molecule has 0 spiro atoms. The van der Waals surface area contributed by atoms with Gasteiger partial charge in [-0.2, -0.15) is 0 Å². The van der Waals surface area contributed by atoms with Crippen LogP contribution in [0.3, 0.4) is 0 Å². The summed E-state index contributed by atoms with van der Waals surface area (Å²) >= 11 is 0. The molecule has 4 N–H and O–H groups in total. The predicted octanol–water partition coefficient (Wildman–Crippen LogP) is 0.482. The third-order valence-electron chi connectivity index (χ3n) is 3.96. The number of carbonyl (C=O) groups excluding carboxylic acids is 1. The van der Waals surface area contributed by atoms with Crippen LogP contribution >= 0.6 is 0 Å². The van der Waals surface area contributed by atoms with Gasteiger partial charge >= 0.3 is 0 Å². The van der Waals surface area contributed by atoms with E-state index in [0.29, 0.717) is 5.56 Å². The fourth-order valence-corrected chi connectivity index (χ4v) is 3.23. The molecule has 1 aliphatic rings. The molecule has 1 aromatic rings. The van der Waals surface area contributed by atoms with Crippen LogP contribution in [-0.4, -0.2) is 26.4 Å². The normalized spacial score (nSPS) is 22.2. The van der Waals surface area contributed by atoms with E-state index < -0.39 is 15.6 Å². The van der Waals surface area contributed by atoms with Crippen molar-refractivity contribution in [3.8, 4) is 0 Å². The van der Waals surface area contributed by atoms with Gasteiger partial charge in [0.05, 0.1) is 10.4 Å². The maximum absolute atomic E-state index is 12.3. The first-order chi connectivity index (χ1) is 9.87. The van der Waals surface area contributed by atoms with Gasteiger partial charge in [0.2, 0.25) is 15.9 Å². The van der Waals surface area contributed by atoms with E-state index in [2.05, 4.69) is 10.6 Å². The Morgan fingerprint density at radius 2 is 2.24 bits per heavy atom. The first-order valence-corrected chi connectivity index (χ1v) is 8.57. The molecule has 7 heteroatoms. The number of carbonyl (C=O) groups is 1. The van der Waals surface area contributed by atoms with Crippen molar-refractivity contribution < 1.29 is 13.2 Å². The minimum atomic E-state index is -3.72. The van der Waals surface area contributed by atoms with E-state index in [-0.39, 0.29) is 17.3 Å². The molecule has 21 heavy (non-hydrogen) atoms. The fourth-order valence-electron chi connectivity index (χ4n) is 2.65. The molecule has 0 aliphatic carbocycles. The Labute approximate surface area is 125 Å². The third kappa shape index (κ3) is 3.61. The van der Waals surface area contributed by atoms with Gasteiger partial charge in [0, 0.05) is 6.54 Å². The zero-order valence-corrected chi connectivity index (χ0v) is 12.9. The van der Waals surface area contributed by atoms with Gasteiger partial charge in [-0.25, -0.2) is 13.6 Å². The first kappa shape index (κ1) is 15.9. The molecule has 116 valence electrons. The zero-order valence-electron chi connectivity index (χ0n) is 12.1. The highest BCUT2D eigenvalue weighted by Crippen LogP contribution is 2.23. The Kier molecular flexibility index (Phi) is 4.65. The smallest absolute Gasteiger partial charge is 0.240 e. The maximum atomic E-state index is 12.3. The largest absolute Gasteiger partial charge is 0.350 e. The predicted molar refractivity (Wildman–Crippen MR) is 79.9 cm³/mol. The van der Waals surface area contributed by atoms with Gasteiger partial charge in [-0.05, 0) is 43.5 Å². The highest BCUT2D eigenvalue weighted by Gasteiger charge is 2.38. The highest BCUT2D eigenvalue weighted by molar-refractivity contribution is 7.89. The minimum Gasteiger partial charge on any atom is -0.350 e. The van der Waals surface area contributed by atoms with E-state index in [0.717, 1.165) is 25.8 Å². The summed E-state index contributed by atoms with van der Waals surface area (Å²) in [4.78, 5) is 12.4. The molecule has 0 aromatic heterocycles. The molecule has 1 saturated heterocycles. The number of primary sulfonamides is 1. The lowest BCUT2D eigenvalue weighted by Crippen LogP contribution is -2.52. The molecule has 1 atom stereocenters. The summed E-state index contributed by atoms with van der Waals surface area (Å²) in [5.74, 6) is -0.0384. The fraction of sp³-hybridized carbons (Fsp3) is 0.500. The first-order valence-electron chi connectivity index (χ1n) is 7.02. The van der Waals surface area contributed by atoms with Crippen molar-refractivity contribution in [3.05, 3.63) is 29.8 Å². The van der Waals surface area contributed by atoms with Crippen LogP contribution < -0.4 is 15.8 Å². The molecule has 1 heterocycles. The number of sulfonamides is 1. The topological polar surface area (TPSA) is 101 Å². The molecule has 0 bridgehead atoms. The van der Waals surface area contributed by atoms with Crippen molar-refractivity contribution in [1.82, 2.24) is 10.6 Å². The average Bonchev–Trinajstić information content (AvgIpc) is 2.94. The average molecular weight is 311 g/mol. The number of benzene rings is 1. The van der Waals surface area contributed by atoms with Gasteiger partial charge in [0.1, 0.15) is 0 Å². The van der Waals surface area contributed by atoms with Gasteiger partial charge in [-0.3, -0.25) is 4.79 Å². The molecule has 0 radical (unpaired) electrons. The number of hydrogen-bond acceptors (Lipinski definition) is 4. The summed E-state index contributed by atoms with van der Waals surface area (Å²) in [6.07, 6.45) is 2.55. The quantitative estimate of drug-likeness (QED) is 0.736. The van der Waals surface area contributed by atoms with Gasteiger partial charge in [-0.15, -0.1) is 0 Å². The Bertz CT molecular complexity index is 622. The molecule has 2 rings (SSSR count). The Morgan fingerprint density at radius 3 is 2.81 bits per heavy atom. The standard InChI is InChI=1S/C14H21N3O3S/c1-2-14(7-4-8-17-14)13(18)16-10-11-5-3-6-12(9-11)21(15,19)20/h3,5-6,9,17H,2,4,7-8,10H2,1H3,(H,16,18)(H2,15,19,20). The van der Waals surface area contributed by atoms with E-state index in [4.69, 9.17) is 5.14 Å². The lowest BCUT2D eigenvalue weighted by Gasteiger charge is -2.26. The number of amides is 1. The third-order valence-corrected chi connectivity index (χ3v) is 4.87. The van der Waals surface area contributed by atoms with Crippen LogP contribution in [-0.2, 0) is 21.4 Å². The number of nitrogens with two attached hydrogens (primary N) is 1. The number of hydrogen-bond donors (Lipinski definition) is 3. The minimum absolute atomic E-state index is 0.0384. The summed E-state index contributed by atoms with van der Waals surface area (Å²) in [6, 6.07) is 6.29. The van der Waals surface area contributed by atoms with E-state index in [1.165, 1.54) is 12.1 Å². The van der Waals surface area contributed by atoms with Crippen molar-refractivity contribution in [3.63, 3.8) is 0 Å². The molecule has 1 fully saturated rings. The molecule has 1 aliphatic heterocycles. The summed E-state index contributed by atoms with van der Waals surface area (Å²) in [7, 11) is -3.72. The van der Waals surface area contributed by atoms with Gasteiger partial charge in [-0.1, -0.05) is 19.1 Å². The van der Waals surface area contributed by atoms with Crippen LogP contribution in [0.4, 0.5) is 0 Å². The molecule has 0 saturated carbocycles. The maximum Gasteiger partial charge on any atom is 0.240 e.